The maximum atomic E-state index is 3.60. The van der Waals surface area contributed by atoms with Crippen molar-refractivity contribution in [3.8, 4) is 0 Å². The lowest BCUT2D eigenvalue weighted by molar-refractivity contribution is 0.697. The molecule has 0 radical (unpaired) electrons. The first-order valence-electron chi connectivity index (χ1n) is 5.33. The van der Waals surface area contributed by atoms with Gasteiger partial charge in [0.25, 0.3) is 0 Å². The van der Waals surface area contributed by atoms with E-state index in [0.717, 1.165) is 0 Å². The summed E-state index contributed by atoms with van der Waals surface area (Å²) in [6.07, 6.45) is 1.22. The molecule has 0 saturated heterocycles. The summed E-state index contributed by atoms with van der Waals surface area (Å²) in [5, 5.41) is 4.18. The molecule has 2 unspecified atom stereocenters. The molecule has 1 heterocycles. The molecular weight excluding hydrogens is 190 g/mol. The van der Waals surface area contributed by atoms with Gasteiger partial charge in [0.1, 0.15) is 0 Å². The number of thioether (sulfide) groups is 1. The zero-order chi connectivity index (χ0) is 9.97. The van der Waals surface area contributed by atoms with Gasteiger partial charge in [0.2, 0.25) is 0 Å². The predicted molar refractivity (Wildman–Crippen MR) is 65.0 cm³/mol. The minimum absolute atomic E-state index is 0.586. The van der Waals surface area contributed by atoms with Crippen LogP contribution in [0, 0.1) is 0 Å². The first-order valence-corrected chi connectivity index (χ1v) is 6.38. The Bertz CT molecular complexity index is 311. The molecule has 2 atom stereocenters. The summed E-state index contributed by atoms with van der Waals surface area (Å²) in [7, 11) is 0. The lowest BCUT2D eigenvalue weighted by Gasteiger charge is -2.17. The van der Waals surface area contributed by atoms with Crippen molar-refractivity contribution in [2.75, 3.05) is 11.1 Å². The molecule has 1 aliphatic heterocycles. The number of rotatable bonds is 3. The minimum atomic E-state index is 0.586. The highest BCUT2D eigenvalue weighted by Gasteiger charge is 2.29. The Morgan fingerprint density at radius 3 is 2.79 bits per heavy atom. The molecule has 1 aromatic rings. The first kappa shape index (κ1) is 9.91. The average Bonchev–Trinajstić information content (AvgIpc) is 2.55. The average molecular weight is 207 g/mol. The number of para-hydroxylation sites is 1. The molecule has 76 valence electrons. The quantitative estimate of drug-likeness (QED) is 0.811. The minimum Gasteiger partial charge on any atom is -0.372 e. The summed E-state index contributed by atoms with van der Waals surface area (Å²) >= 11 is 2.02. The molecule has 14 heavy (non-hydrogen) atoms. The number of hydrogen-bond donors (Lipinski definition) is 1. The van der Waals surface area contributed by atoms with E-state index in [2.05, 4.69) is 43.4 Å². The Morgan fingerprint density at radius 1 is 1.29 bits per heavy atom. The van der Waals surface area contributed by atoms with E-state index in [1.165, 1.54) is 23.4 Å². The van der Waals surface area contributed by atoms with Gasteiger partial charge in [0.15, 0.2) is 0 Å². The zero-order valence-corrected chi connectivity index (χ0v) is 9.60. The lowest BCUT2D eigenvalue weighted by atomic mass is 9.99. The third-order valence-electron chi connectivity index (χ3n) is 2.81. The smallest absolute Gasteiger partial charge is 0.0791 e. The van der Waals surface area contributed by atoms with Crippen LogP contribution in [0.15, 0.2) is 24.3 Å². The fourth-order valence-corrected chi connectivity index (χ4v) is 3.28. The summed E-state index contributed by atoms with van der Waals surface area (Å²) in [4.78, 5) is 0. The fourth-order valence-electron chi connectivity index (χ4n) is 2.14. The lowest BCUT2D eigenvalue weighted by Crippen LogP contribution is -2.15. The number of benzene rings is 1. The van der Waals surface area contributed by atoms with Crippen molar-refractivity contribution in [3.63, 3.8) is 0 Å². The Labute approximate surface area is 90.3 Å². The van der Waals surface area contributed by atoms with Crippen molar-refractivity contribution < 1.29 is 0 Å². The highest BCUT2D eigenvalue weighted by Crippen LogP contribution is 2.41. The van der Waals surface area contributed by atoms with E-state index in [1.807, 2.05) is 11.8 Å². The highest BCUT2D eigenvalue weighted by atomic mass is 32.2. The molecule has 0 fully saturated rings. The number of fused-ring (bicyclic) bond motifs is 1. The molecule has 0 aromatic heterocycles. The van der Waals surface area contributed by atoms with E-state index in [9.17, 15) is 0 Å². The molecule has 0 saturated carbocycles. The molecule has 1 nitrogen and oxygen atoms in total. The monoisotopic (exact) mass is 207 g/mol. The van der Waals surface area contributed by atoms with Crippen molar-refractivity contribution in [1.82, 2.24) is 0 Å². The SMILES string of the molecule is CCSC1Nc2ccccc2C1CC. The molecule has 1 N–H and O–H groups in total. The van der Waals surface area contributed by atoms with Crippen molar-refractivity contribution in [2.24, 2.45) is 0 Å². The van der Waals surface area contributed by atoms with Gasteiger partial charge in [0, 0.05) is 11.6 Å². The van der Waals surface area contributed by atoms with Crippen molar-refractivity contribution in [3.05, 3.63) is 29.8 Å². The maximum absolute atomic E-state index is 3.60. The molecule has 0 spiro atoms. The number of hydrogen-bond acceptors (Lipinski definition) is 2. The van der Waals surface area contributed by atoms with Gasteiger partial charge in [-0.15, -0.1) is 11.8 Å². The molecule has 0 bridgehead atoms. The van der Waals surface area contributed by atoms with Gasteiger partial charge in [-0.25, -0.2) is 0 Å². The van der Waals surface area contributed by atoms with Crippen LogP contribution in [0.25, 0.3) is 0 Å². The zero-order valence-electron chi connectivity index (χ0n) is 8.79. The summed E-state index contributed by atoms with van der Waals surface area (Å²) in [5.74, 6) is 1.87. The van der Waals surface area contributed by atoms with E-state index >= 15 is 0 Å². The highest BCUT2D eigenvalue weighted by molar-refractivity contribution is 8.00. The molecule has 1 aromatic carbocycles. The number of nitrogens with one attached hydrogen (secondary N) is 1. The van der Waals surface area contributed by atoms with Crippen LogP contribution < -0.4 is 5.32 Å². The summed E-state index contributed by atoms with van der Waals surface area (Å²) in [6.45, 7) is 4.50. The number of anilines is 1. The van der Waals surface area contributed by atoms with Crippen molar-refractivity contribution in [2.45, 2.75) is 31.6 Å². The molecule has 2 heteroatoms. The summed E-state index contributed by atoms with van der Waals surface area (Å²) < 4.78 is 0. The molecule has 2 rings (SSSR count). The molecule has 0 aliphatic carbocycles. The van der Waals surface area contributed by atoms with Crippen LogP contribution >= 0.6 is 11.8 Å². The predicted octanol–water partition coefficient (Wildman–Crippen LogP) is 3.68. The van der Waals surface area contributed by atoms with E-state index in [0.29, 0.717) is 11.3 Å². The third-order valence-corrected chi connectivity index (χ3v) is 3.95. The topological polar surface area (TPSA) is 12.0 Å². The van der Waals surface area contributed by atoms with Gasteiger partial charge < -0.3 is 5.32 Å². The van der Waals surface area contributed by atoms with E-state index in [-0.39, 0.29) is 0 Å². The van der Waals surface area contributed by atoms with Gasteiger partial charge in [-0.2, -0.15) is 0 Å². The van der Waals surface area contributed by atoms with Gasteiger partial charge >= 0.3 is 0 Å². The second kappa shape index (κ2) is 4.26. The van der Waals surface area contributed by atoms with Gasteiger partial charge in [-0.05, 0) is 23.8 Å². The van der Waals surface area contributed by atoms with Crippen LogP contribution in [-0.2, 0) is 0 Å². The third kappa shape index (κ3) is 1.63. The Kier molecular flexibility index (Phi) is 3.02. The fraction of sp³-hybridized carbons (Fsp3) is 0.500. The van der Waals surface area contributed by atoms with E-state index in [4.69, 9.17) is 0 Å². The van der Waals surface area contributed by atoms with E-state index in [1.54, 1.807) is 0 Å². The van der Waals surface area contributed by atoms with Crippen LogP contribution in [0.1, 0.15) is 31.7 Å². The molecule has 1 aliphatic rings. The maximum Gasteiger partial charge on any atom is 0.0791 e. The van der Waals surface area contributed by atoms with Gasteiger partial charge in [-0.1, -0.05) is 32.0 Å². The normalized spacial score (nSPS) is 24.4. The molecular formula is C12H17NS. The van der Waals surface area contributed by atoms with Crippen LogP contribution in [0.3, 0.4) is 0 Å². The Hall–Kier alpha value is -0.630. The van der Waals surface area contributed by atoms with Gasteiger partial charge in [-0.3, -0.25) is 0 Å². The summed E-state index contributed by atoms with van der Waals surface area (Å²) in [6, 6.07) is 8.70. The molecule has 0 amide bonds. The van der Waals surface area contributed by atoms with Crippen LogP contribution in [0.4, 0.5) is 5.69 Å². The van der Waals surface area contributed by atoms with Crippen LogP contribution in [0.2, 0.25) is 0 Å². The van der Waals surface area contributed by atoms with E-state index < -0.39 is 0 Å². The second-order valence-corrected chi connectivity index (χ2v) is 5.04. The van der Waals surface area contributed by atoms with Crippen molar-refractivity contribution in [1.29, 1.82) is 0 Å². The first-order chi connectivity index (χ1) is 6.86. The largest absolute Gasteiger partial charge is 0.372 e. The summed E-state index contributed by atoms with van der Waals surface area (Å²) in [5.41, 5.74) is 2.84. The second-order valence-electron chi connectivity index (χ2n) is 3.62. The standard InChI is InChI=1S/C12H17NS/c1-3-9-10-7-5-6-8-11(10)13-12(9)14-4-2/h5-9,12-13H,3-4H2,1-2H3. The Balaban J connectivity index is 2.24. The van der Waals surface area contributed by atoms with Crippen LogP contribution in [0.5, 0.6) is 0 Å². The van der Waals surface area contributed by atoms with Crippen molar-refractivity contribution >= 4 is 17.4 Å². The van der Waals surface area contributed by atoms with Gasteiger partial charge in [0.05, 0.1) is 5.37 Å². The Morgan fingerprint density at radius 2 is 2.07 bits per heavy atom. The van der Waals surface area contributed by atoms with Crippen LogP contribution in [-0.4, -0.2) is 11.1 Å².